The molecule has 2 unspecified atom stereocenters. The first kappa shape index (κ1) is 12.9. The molecule has 0 spiro atoms. The van der Waals surface area contributed by atoms with Crippen molar-refractivity contribution in [2.24, 2.45) is 0 Å². The highest BCUT2D eigenvalue weighted by molar-refractivity contribution is 6.99. The van der Waals surface area contributed by atoms with E-state index in [1.165, 1.54) is 37.4 Å². The van der Waals surface area contributed by atoms with Crippen LogP contribution >= 0.6 is 11.7 Å². The quantitative estimate of drug-likeness (QED) is 0.813. The maximum absolute atomic E-state index is 5.64. The van der Waals surface area contributed by atoms with Gasteiger partial charge in [0.05, 0.1) is 35.8 Å². The summed E-state index contributed by atoms with van der Waals surface area (Å²) < 4.78 is 14.0. The number of nitrogens with one attached hydrogen (secondary N) is 1. The second-order valence-electron chi connectivity index (χ2n) is 4.51. The summed E-state index contributed by atoms with van der Waals surface area (Å²) in [6.07, 6.45) is 8.36. The van der Waals surface area contributed by atoms with Gasteiger partial charge in [-0.15, -0.1) is 0 Å². The lowest BCUT2D eigenvalue weighted by atomic mass is 10.0. The molecule has 1 aliphatic heterocycles. The lowest BCUT2D eigenvalue weighted by Gasteiger charge is -2.16. The highest BCUT2D eigenvalue weighted by Crippen LogP contribution is 2.22. The smallest absolute Gasteiger partial charge is 0.0912 e. The Hall–Kier alpha value is -0.520. The van der Waals surface area contributed by atoms with Crippen LogP contribution in [0.15, 0.2) is 6.20 Å². The van der Waals surface area contributed by atoms with E-state index in [1.54, 1.807) is 0 Å². The predicted molar refractivity (Wildman–Crippen MR) is 69.2 cm³/mol. The third-order valence-electron chi connectivity index (χ3n) is 3.23. The van der Waals surface area contributed by atoms with E-state index >= 15 is 0 Å². The molecule has 1 aromatic heterocycles. The van der Waals surface area contributed by atoms with Crippen LogP contribution in [0.4, 0.5) is 0 Å². The van der Waals surface area contributed by atoms with Crippen LogP contribution < -0.4 is 5.32 Å². The fourth-order valence-corrected chi connectivity index (χ4v) is 2.82. The van der Waals surface area contributed by atoms with E-state index in [0.717, 1.165) is 25.3 Å². The Morgan fingerprint density at radius 2 is 2.59 bits per heavy atom. The van der Waals surface area contributed by atoms with Crippen molar-refractivity contribution in [1.29, 1.82) is 0 Å². The molecule has 0 saturated carbocycles. The Bertz CT molecular complexity index is 299. The van der Waals surface area contributed by atoms with Gasteiger partial charge in [0.1, 0.15) is 0 Å². The fraction of sp³-hybridized carbons (Fsp3) is 0.833. The number of aromatic nitrogens is 2. The minimum Gasteiger partial charge on any atom is -0.378 e. The SMILES string of the molecule is CCNC(CCCC1CCCO1)c1cnsn1. The maximum Gasteiger partial charge on any atom is 0.0912 e. The molecular weight excluding hydrogens is 234 g/mol. The van der Waals surface area contributed by atoms with Crippen molar-refractivity contribution in [2.75, 3.05) is 13.2 Å². The number of rotatable bonds is 7. The molecular formula is C12H21N3OS. The van der Waals surface area contributed by atoms with Crippen LogP contribution in [0.1, 0.15) is 50.8 Å². The zero-order valence-electron chi connectivity index (χ0n) is 10.4. The van der Waals surface area contributed by atoms with Gasteiger partial charge in [0.15, 0.2) is 0 Å². The molecule has 0 bridgehead atoms. The lowest BCUT2D eigenvalue weighted by molar-refractivity contribution is 0.101. The summed E-state index contributed by atoms with van der Waals surface area (Å²) in [5.41, 5.74) is 1.09. The Balaban J connectivity index is 1.73. The summed E-state index contributed by atoms with van der Waals surface area (Å²) >= 11 is 1.29. The fourth-order valence-electron chi connectivity index (χ4n) is 2.35. The Kier molecular flexibility index (Phi) is 5.35. The Morgan fingerprint density at radius 3 is 3.24 bits per heavy atom. The van der Waals surface area contributed by atoms with Crippen LogP contribution in [0.2, 0.25) is 0 Å². The number of hydrogen-bond acceptors (Lipinski definition) is 5. The first-order valence-corrected chi connectivity index (χ1v) is 7.25. The molecule has 96 valence electrons. The third kappa shape index (κ3) is 4.01. The zero-order valence-corrected chi connectivity index (χ0v) is 11.2. The molecule has 1 saturated heterocycles. The summed E-state index contributed by atoms with van der Waals surface area (Å²) in [5, 5.41) is 3.47. The van der Waals surface area contributed by atoms with Crippen LogP contribution in [0.5, 0.6) is 0 Å². The van der Waals surface area contributed by atoms with Crippen LogP contribution in [-0.4, -0.2) is 28.0 Å². The van der Waals surface area contributed by atoms with Crippen molar-refractivity contribution in [3.05, 3.63) is 11.9 Å². The maximum atomic E-state index is 5.64. The van der Waals surface area contributed by atoms with Crippen LogP contribution in [0.25, 0.3) is 0 Å². The van der Waals surface area contributed by atoms with Gasteiger partial charge in [-0.25, -0.2) is 0 Å². The van der Waals surface area contributed by atoms with Gasteiger partial charge in [-0.05, 0) is 38.6 Å². The van der Waals surface area contributed by atoms with E-state index in [-0.39, 0.29) is 0 Å². The molecule has 1 fully saturated rings. The average molecular weight is 255 g/mol. The third-order valence-corrected chi connectivity index (χ3v) is 3.72. The van der Waals surface area contributed by atoms with E-state index in [1.807, 2.05) is 6.20 Å². The molecule has 0 amide bonds. The second kappa shape index (κ2) is 7.03. The molecule has 5 heteroatoms. The van der Waals surface area contributed by atoms with Gasteiger partial charge in [-0.3, -0.25) is 0 Å². The van der Waals surface area contributed by atoms with Crippen LogP contribution in [0, 0.1) is 0 Å². The van der Waals surface area contributed by atoms with Crippen LogP contribution in [-0.2, 0) is 4.74 Å². The van der Waals surface area contributed by atoms with Crippen molar-refractivity contribution in [3.8, 4) is 0 Å². The molecule has 17 heavy (non-hydrogen) atoms. The Labute approximate surface area is 107 Å². The van der Waals surface area contributed by atoms with Crippen molar-refractivity contribution in [3.63, 3.8) is 0 Å². The highest BCUT2D eigenvalue weighted by Gasteiger charge is 2.17. The number of ether oxygens (including phenoxy) is 1. The van der Waals surface area contributed by atoms with Crippen molar-refractivity contribution >= 4 is 11.7 Å². The normalized spacial score (nSPS) is 21.8. The minimum atomic E-state index is 0.361. The predicted octanol–water partition coefficient (Wildman–Crippen LogP) is 2.54. The van der Waals surface area contributed by atoms with E-state index in [9.17, 15) is 0 Å². The molecule has 2 atom stereocenters. The lowest BCUT2D eigenvalue weighted by Crippen LogP contribution is -2.21. The summed E-state index contributed by atoms with van der Waals surface area (Å²) in [6.45, 7) is 4.06. The van der Waals surface area contributed by atoms with Gasteiger partial charge in [0.25, 0.3) is 0 Å². The molecule has 1 N–H and O–H groups in total. The second-order valence-corrected chi connectivity index (χ2v) is 5.07. The molecule has 0 aliphatic carbocycles. The summed E-state index contributed by atoms with van der Waals surface area (Å²) in [7, 11) is 0. The van der Waals surface area contributed by atoms with Crippen molar-refractivity contribution in [1.82, 2.24) is 14.1 Å². The van der Waals surface area contributed by atoms with Gasteiger partial charge in [0.2, 0.25) is 0 Å². The van der Waals surface area contributed by atoms with E-state index < -0.39 is 0 Å². The van der Waals surface area contributed by atoms with Crippen molar-refractivity contribution < 1.29 is 4.74 Å². The molecule has 2 rings (SSSR count). The highest BCUT2D eigenvalue weighted by atomic mass is 32.1. The first-order valence-electron chi connectivity index (χ1n) is 6.52. The monoisotopic (exact) mass is 255 g/mol. The van der Waals surface area contributed by atoms with Crippen molar-refractivity contribution in [2.45, 2.75) is 51.2 Å². The number of nitrogens with zero attached hydrogens (tertiary/aromatic N) is 2. The summed E-state index contributed by atoms with van der Waals surface area (Å²) in [6, 6.07) is 0.361. The van der Waals surface area contributed by atoms with E-state index in [0.29, 0.717) is 12.1 Å². The number of hydrogen-bond donors (Lipinski definition) is 1. The molecule has 1 aliphatic rings. The van der Waals surface area contributed by atoms with Gasteiger partial charge in [-0.2, -0.15) is 8.75 Å². The van der Waals surface area contributed by atoms with E-state index in [2.05, 4.69) is 21.0 Å². The molecule has 0 radical (unpaired) electrons. The van der Waals surface area contributed by atoms with Gasteiger partial charge >= 0.3 is 0 Å². The van der Waals surface area contributed by atoms with E-state index in [4.69, 9.17) is 4.74 Å². The standard InChI is InChI=1S/C12H21N3OS/c1-2-13-11(12-9-14-17-15-12)7-3-5-10-6-4-8-16-10/h9-11,13H,2-8H2,1H3. The largest absolute Gasteiger partial charge is 0.378 e. The Morgan fingerprint density at radius 1 is 1.65 bits per heavy atom. The molecule has 0 aromatic carbocycles. The first-order chi connectivity index (χ1) is 8.40. The topological polar surface area (TPSA) is 47.0 Å². The molecule has 1 aromatic rings. The van der Waals surface area contributed by atoms with Crippen LogP contribution in [0.3, 0.4) is 0 Å². The molecule has 4 nitrogen and oxygen atoms in total. The summed E-state index contributed by atoms with van der Waals surface area (Å²) in [5.74, 6) is 0. The van der Waals surface area contributed by atoms with Gasteiger partial charge in [-0.1, -0.05) is 6.92 Å². The average Bonchev–Trinajstić information content (AvgIpc) is 3.01. The zero-order chi connectivity index (χ0) is 11.9. The molecule has 2 heterocycles. The van der Waals surface area contributed by atoms with Gasteiger partial charge < -0.3 is 10.1 Å². The summed E-state index contributed by atoms with van der Waals surface area (Å²) in [4.78, 5) is 0. The van der Waals surface area contributed by atoms with Gasteiger partial charge in [0, 0.05) is 6.61 Å². The minimum absolute atomic E-state index is 0.361.